The minimum atomic E-state index is -0.143. The highest BCUT2D eigenvalue weighted by Gasteiger charge is 2.35. The van der Waals surface area contributed by atoms with Gasteiger partial charge >= 0.3 is 0 Å². The van der Waals surface area contributed by atoms with Gasteiger partial charge in [-0.05, 0) is 116 Å². The number of anilines is 3. The normalized spacial score (nSPS) is 12.7. The number of oxazole rings is 1. The smallest absolute Gasteiger partial charge is 0.227 e. The molecule has 1 aliphatic carbocycles. The number of hydrogen-bond acceptors (Lipinski definition) is 3. The first-order valence-electron chi connectivity index (χ1n) is 18.9. The maximum atomic E-state index is 6.39. The van der Waals surface area contributed by atoms with Crippen molar-refractivity contribution in [3.63, 3.8) is 0 Å². The second-order valence-electron chi connectivity index (χ2n) is 14.9. The second-order valence-corrected chi connectivity index (χ2v) is 14.9. The molecule has 0 atom stereocenters. The molecule has 8 aromatic carbocycles. The summed E-state index contributed by atoms with van der Waals surface area (Å²) in [5.41, 5.74) is 17.8. The highest BCUT2D eigenvalue weighted by Crippen LogP contribution is 2.51. The zero-order valence-corrected chi connectivity index (χ0v) is 30.8. The molecule has 55 heavy (non-hydrogen) atoms. The number of nitrogens with zero attached hydrogens (tertiary/aromatic N) is 2. The first kappa shape index (κ1) is 32.7. The van der Waals surface area contributed by atoms with Gasteiger partial charge in [0.1, 0.15) is 5.52 Å². The van der Waals surface area contributed by atoms with E-state index >= 15 is 0 Å². The summed E-state index contributed by atoms with van der Waals surface area (Å²) >= 11 is 0. The number of fused-ring (bicyclic) bond motifs is 4. The highest BCUT2D eigenvalue weighted by molar-refractivity contribution is 5.91. The Hall–Kier alpha value is -6.97. The summed E-state index contributed by atoms with van der Waals surface area (Å²) in [6.45, 7) is 4.68. The van der Waals surface area contributed by atoms with Gasteiger partial charge in [0.25, 0.3) is 0 Å². The average molecular weight is 707 g/mol. The third kappa shape index (κ3) is 5.82. The minimum Gasteiger partial charge on any atom is -0.436 e. The lowest BCUT2D eigenvalue weighted by Gasteiger charge is -2.29. The Balaban J connectivity index is 1.14. The van der Waals surface area contributed by atoms with E-state index in [9.17, 15) is 0 Å². The van der Waals surface area contributed by atoms with E-state index in [-0.39, 0.29) is 5.41 Å². The van der Waals surface area contributed by atoms with Crippen LogP contribution >= 0.6 is 0 Å². The molecule has 9 aromatic rings. The molecule has 0 radical (unpaired) electrons. The van der Waals surface area contributed by atoms with Crippen LogP contribution in [0.15, 0.2) is 199 Å². The fraction of sp³-hybridized carbons (Fsp3) is 0.0577. The Morgan fingerprint density at radius 3 is 1.56 bits per heavy atom. The quantitative estimate of drug-likeness (QED) is 0.165. The maximum Gasteiger partial charge on any atom is 0.227 e. The molecule has 1 aromatic heterocycles. The molecule has 3 heteroatoms. The van der Waals surface area contributed by atoms with Crippen LogP contribution in [0.25, 0.3) is 67.1 Å². The zero-order valence-electron chi connectivity index (χ0n) is 30.8. The first-order valence-corrected chi connectivity index (χ1v) is 18.9. The predicted octanol–water partition coefficient (Wildman–Crippen LogP) is 14.3. The lowest BCUT2D eigenvalue weighted by Crippen LogP contribution is -2.16. The van der Waals surface area contributed by atoms with E-state index in [1.807, 2.05) is 6.07 Å². The first-order chi connectivity index (χ1) is 27.0. The topological polar surface area (TPSA) is 29.3 Å². The van der Waals surface area contributed by atoms with Crippen molar-refractivity contribution in [2.75, 3.05) is 4.90 Å². The molecular weight excluding hydrogens is 669 g/mol. The average Bonchev–Trinajstić information content (AvgIpc) is 3.78. The fourth-order valence-corrected chi connectivity index (χ4v) is 8.23. The standard InChI is InChI=1S/C52H38N2O/c1-52(2)47-21-13-12-20-45(47)46-28-26-42(33-48(46)52)54(44-31-40(36-16-8-4-9-17-36)30-41(32-44)37-18-10-5-11-19-37)43-27-29-50-49(34-43)53-51(55-50)39-24-22-38(23-25-39)35-14-6-3-7-15-35/h3-34H,1-2H3. The Morgan fingerprint density at radius 2 is 0.909 bits per heavy atom. The van der Waals surface area contributed by atoms with E-state index in [0.717, 1.165) is 50.4 Å². The summed E-state index contributed by atoms with van der Waals surface area (Å²) < 4.78 is 6.39. The van der Waals surface area contributed by atoms with E-state index in [4.69, 9.17) is 9.40 Å². The van der Waals surface area contributed by atoms with Crippen LogP contribution in [-0.2, 0) is 5.41 Å². The van der Waals surface area contributed by atoms with Crippen LogP contribution < -0.4 is 4.90 Å². The van der Waals surface area contributed by atoms with Crippen molar-refractivity contribution in [2.45, 2.75) is 19.3 Å². The Morgan fingerprint density at radius 1 is 0.400 bits per heavy atom. The predicted molar refractivity (Wildman–Crippen MR) is 228 cm³/mol. The molecule has 1 heterocycles. The SMILES string of the molecule is CC1(C)c2ccccc2-c2ccc(N(c3cc(-c4ccccc4)cc(-c4ccccc4)c3)c3ccc4oc(-c5ccc(-c6ccccc6)cc5)nc4c3)cc21. The summed E-state index contributed by atoms with van der Waals surface area (Å²) in [6, 6.07) is 69.2. The Labute approximate surface area is 321 Å². The van der Waals surface area contributed by atoms with Crippen molar-refractivity contribution >= 4 is 28.2 Å². The van der Waals surface area contributed by atoms with Crippen molar-refractivity contribution < 1.29 is 4.42 Å². The van der Waals surface area contributed by atoms with Crippen LogP contribution in [0.5, 0.6) is 0 Å². The molecule has 0 unspecified atom stereocenters. The molecule has 1 aliphatic rings. The third-order valence-electron chi connectivity index (χ3n) is 11.1. The Kier molecular flexibility index (Phi) is 7.81. The molecule has 0 aliphatic heterocycles. The number of hydrogen-bond donors (Lipinski definition) is 0. The molecule has 0 amide bonds. The summed E-state index contributed by atoms with van der Waals surface area (Å²) in [5.74, 6) is 0.604. The lowest BCUT2D eigenvalue weighted by atomic mass is 9.82. The van der Waals surface area contributed by atoms with Gasteiger partial charge in [0.15, 0.2) is 5.58 Å². The molecular formula is C52H38N2O. The van der Waals surface area contributed by atoms with E-state index in [0.29, 0.717) is 5.89 Å². The second kappa shape index (κ2) is 13.2. The maximum absolute atomic E-state index is 6.39. The van der Waals surface area contributed by atoms with Crippen LogP contribution in [0.1, 0.15) is 25.0 Å². The van der Waals surface area contributed by atoms with Crippen LogP contribution in [0.4, 0.5) is 17.1 Å². The Bertz CT molecular complexity index is 2760. The molecule has 3 nitrogen and oxygen atoms in total. The van der Waals surface area contributed by atoms with E-state index in [2.05, 4.69) is 207 Å². The number of rotatable bonds is 7. The molecule has 0 spiro atoms. The molecule has 10 rings (SSSR count). The zero-order chi connectivity index (χ0) is 36.9. The van der Waals surface area contributed by atoms with E-state index in [1.54, 1.807) is 0 Å². The fourth-order valence-electron chi connectivity index (χ4n) is 8.23. The third-order valence-corrected chi connectivity index (χ3v) is 11.1. The van der Waals surface area contributed by atoms with Crippen LogP contribution in [0.3, 0.4) is 0 Å². The van der Waals surface area contributed by atoms with E-state index in [1.165, 1.54) is 38.9 Å². The van der Waals surface area contributed by atoms with Crippen LogP contribution in [0.2, 0.25) is 0 Å². The van der Waals surface area contributed by atoms with Gasteiger partial charge in [-0.15, -0.1) is 0 Å². The van der Waals surface area contributed by atoms with Gasteiger partial charge in [-0.3, -0.25) is 0 Å². The van der Waals surface area contributed by atoms with Gasteiger partial charge in [-0.25, -0.2) is 4.98 Å². The summed E-state index contributed by atoms with van der Waals surface area (Å²) in [4.78, 5) is 7.44. The van der Waals surface area contributed by atoms with Crippen molar-refractivity contribution in [3.05, 3.63) is 205 Å². The number of benzene rings is 8. The molecule has 0 N–H and O–H groups in total. The summed E-state index contributed by atoms with van der Waals surface area (Å²) in [6.07, 6.45) is 0. The van der Waals surface area contributed by atoms with Gasteiger partial charge in [-0.1, -0.05) is 147 Å². The number of aromatic nitrogens is 1. The van der Waals surface area contributed by atoms with Crippen LogP contribution in [0, 0.1) is 0 Å². The highest BCUT2D eigenvalue weighted by atomic mass is 16.3. The lowest BCUT2D eigenvalue weighted by molar-refractivity contribution is 0.620. The largest absolute Gasteiger partial charge is 0.436 e. The van der Waals surface area contributed by atoms with Crippen molar-refractivity contribution in [1.29, 1.82) is 0 Å². The van der Waals surface area contributed by atoms with E-state index < -0.39 is 0 Å². The van der Waals surface area contributed by atoms with Crippen molar-refractivity contribution in [2.24, 2.45) is 0 Å². The van der Waals surface area contributed by atoms with Gasteiger partial charge in [0, 0.05) is 28.0 Å². The summed E-state index contributed by atoms with van der Waals surface area (Å²) in [5, 5.41) is 0. The molecule has 0 fully saturated rings. The van der Waals surface area contributed by atoms with Gasteiger partial charge < -0.3 is 9.32 Å². The summed E-state index contributed by atoms with van der Waals surface area (Å²) in [7, 11) is 0. The van der Waals surface area contributed by atoms with Gasteiger partial charge in [-0.2, -0.15) is 0 Å². The molecule has 262 valence electrons. The van der Waals surface area contributed by atoms with Gasteiger partial charge in [0.05, 0.1) is 0 Å². The van der Waals surface area contributed by atoms with Gasteiger partial charge in [0.2, 0.25) is 5.89 Å². The molecule has 0 bridgehead atoms. The monoisotopic (exact) mass is 706 g/mol. The molecule has 0 saturated heterocycles. The minimum absolute atomic E-state index is 0.143. The van der Waals surface area contributed by atoms with Crippen molar-refractivity contribution in [3.8, 4) is 56.0 Å². The van der Waals surface area contributed by atoms with Crippen molar-refractivity contribution in [1.82, 2.24) is 4.98 Å². The van der Waals surface area contributed by atoms with Crippen LogP contribution in [-0.4, -0.2) is 4.98 Å². The molecule has 0 saturated carbocycles.